The van der Waals surface area contributed by atoms with E-state index in [2.05, 4.69) is 0 Å². The van der Waals surface area contributed by atoms with Crippen LogP contribution in [-0.4, -0.2) is 24.2 Å². The van der Waals surface area contributed by atoms with E-state index < -0.39 is 12.0 Å². The van der Waals surface area contributed by atoms with Crippen LogP contribution in [0.2, 0.25) is 0 Å². The second kappa shape index (κ2) is 6.21. The van der Waals surface area contributed by atoms with Crippen LogP contribution in [-0.2, 0) is 11.2 Å². The van der Waals surface area contributed by atoms with Crippen LogP contribution in [0.25, 0.3) is 11.1 Å². The van der Waals surface area contributed by atoms with Crippen molar-refractivity contribution in [1.29, 1.82) is 0 Å². The van der Waals surface area contributed by atoms with E-state index in [0.29, 0.717) is 6.42 Å². The van der Waals surface area contributed by atoms with Gasteiger partial charge in [-0.1, -0.05) is 36.4 Å². The zero-order chi connectivity index (χ0) is 14.5. The molecule has 2 aromatic rings. The smallest absolute Gasteiger partial charge is 0.320 e. The first-order valence-corrected chi connectivity index (χ1v) is 6.32. The largest absolute Gasteiger partial charge is 0.497 e. The predicted octanol–water partition coefficient (Wildman–Crippen LogP) is 2.32. The van der Waals surface area contributed by atoms with Crippen molar-refractivity contribution in [2.75, 3.05) is 7.11 Å². The lowest BCUT2D eigenvalue weighted by Gasteiger charge is -2.13. The van der Waals surface area contributed by atoms with Gasteiger partial charge in [0.05, 0.1) is 7.11 Å². The maximum atomic E-state index is 10.9. The third-order valence-corrected chi connectivity index (χ3v) is 3.16. The number of rotatable bonds is 5. The van der Waals surface area contributed by atoms with Gasteiger partial charge in [-0.3, -0.25) is 4.79 Å². The third-order valence-electron chi connectivity index (χ3n) is 3.16. The second-order valence-electron chi connectivity index (χ2n) is 4.54. The van der Waals surface area contributed by atoms with Gasteiger partial charge in [0.15, 0.2) is 0 Å². The molecule has 0 aromatic heterocycles. The molecular weight excluding hydrogens is 254 g/mol. The molecule has 4 heteroatoms. The van der Waals surface area contributed by atoms with Gasteiger partial charge in [0.1, 0.15) is 11.8 Å². The van der Waals surface area contributed by atoms with Crippen molar-refractivity contribution in [1.82, 2.24) is 0 Å². The number of carboxylic acid groups (broad SMARTS) is 1. The van der Waals surface area contributed by atoms with E-state index >= 15 is 0 Å². The predicted molar refractivity (Wildman–Crippen MR) is 77.7 cm³/mol. The SMILES string of the molecule is COc1cccc(-c2ccccc2CC(N)C(=O)O)c1. The minimum atomic E-state index is -0.995. The molecule has 4 nitrogen and oxygen atoms in total. The van der Waals surface area contributed by atoms with Gasteiger partial charge in [0, 0.05) is 0 Å². The molecule has 3 N–H and O–H groups in total. The first-order chi connectivity index (χ1) is 9.61. The fourth-order valence-electron chi connectivity index (χ4n) is 2.09. The Morgan fingerprint density at radius 1 is 1.25 bits per heavy atom. The molecule has 0 bridgehead atoms. The molecule has 1 atom stereocenters. The maximum absolute atomic E-state index is 10.9. The standard InChI is InChI=1S/C16H17NO3/c1-20-13-7-4-6-11(9-13)14-8-3-2-5-12(14)10-15(17)16(18)19/h2-9,15H,10,17H2,1H3,(H,18,19). The average molecular weight is 271 g/mol. The number of aliphatic carboxylic acids is 1. The van der Waals surface area contributed by atoms with Crippen molar-refractivity contribution in [2.24, 2.45) is 5.73 Å². The van der Waals surface area contributed by atoms with E-state index in [9.17, 15) is 4.79 Å². The molecular formula is C16H17NO3. The summed E-state index contributed by atoms with van der Waals surface area (Å²) in [6.45, 7) is 0. The highest BCUT2D eigenvalue weighted by molar-refractivity contribution is 5.75. The van der Waals surface area contributed by atoms with Crippen LogP contribution < -0.4 is 10.5 Å². The Hall–Kier alpha value is -2.33. The number of carbonyl (C=O) groups is 1. The molecule has 20 heavy (non-hydrogen) atoms. The Morgan fingerprint density at radius 3 is 2.70 bits per heavy atom. The summed E-state index contributed by atoms with van der Waals surface area (Å²) >= 11 is 0. The molecule has 2 aromatic carbocycles. The Bertz CT molecular complexity index is 610. The van der Waals surface area contributed by atoms with Crippen LogP contribution in [0.5, 0.6) is 5.75 Å². The van der Waals surface area contributed by atoms with Crippen molar-refractivity contribution in [3.8, 4) is 16.9 Å². The maximum Gasteiger partial charge on any atom is 0.320 e. The summed E-state index contributed by atoms with van der Waals surface area (Å²) in [5.41, 5.74) is 8.50. The average Bonchev–Trinajstić information content (AvgIpc) is 2.47. The van der Waals surface area contributed by atoms with Gasteiger partial charge in [-0.15, -0.1) is 0 Å². The zero-order valence-corrected chi connectivity index (χ0v) is 11.2. The van der Waals surface area contributed by atoms with Crippen LogP contribution in [0.15, 0.2) is 48.5 Å². The molecule has 104 valence electrons. The molecule has 0 spiro atoms. The van der Waals surface area contributed by atoms with E-state index in [1.165, 1.54) is 0 Å². The van der Waals surface area contributed by atoms with Crippen LogP contribution in [0, 0.1) is 0 Å². The molecule has 0 aliphatic carbocycles. The fourth-order valence-corrected chi connectivity index (χ4v) is 2.09. The first kappa shape index (κ1) is 14.1. The lowest BCUT2D eigenvalue weighted by molar-refractivity contribution is -0.138. The molecule has 0 amide bonds. The van der Waals surface area contributed by atoms with E-state index in [1.54, 1.807) is 7.11 Å². The highest BCUT2D eigenvalue weighted by atomic mass is 16.5. The topological polar surface area (TPSA) is 72.5 Å². The Balaban J connectivity index is 2.38. The van der Waals surface area contributed by atoms with Gasteiger partial charge in [-0.2, -0.15) is 0 Å². The number of nitrogens with two attached hydrogens (primary N) is 1. The molecule has 2 rings (SSSR count). The van der Waals surface area contributed by atoms with Gasteiger partial charge in [0.2, 0.25) is 0 Å². The molecule has 0 aliphatic heterocycles. The van der Waals surface area contributed by atoms with Crippen LogP contribution in [0.4, 0.5) is 0 Å². The minimum absolute atomic E-state index is 0.294. The number of hydrogen-bond donors (Lipinski definition) is 2. The van der Waals surface area contributed by atoms with Crippen molar-refractivity contribution >= 4 is 5.97 Å². The van der Waals surface area contributed by atoms with E-state index in [-0.39, 0.29) is 0 Å². The summed E-state index contributed by atoms with van der Waals surface area (Å²) < 4.78 is 5.22. The molecule has 0 fully saturated rings. The lowest BCUT2D eigenvalue weighted by atomic mass is 9.95. The zero-order valence-electron chi connectivity index (χ0n) is 11.2. The van der Waals surface area contributed by atoms with Crippen LogP contribution in [0.3, 0.4) is 0 Å². The summed E-state index contributed by atoms with van der Waals surface area (Å²) in [5.74, 6) is -0.231. The van der Waals surface area contributed by atoms with E-state index in [4.69, 9.17) is 15.6 Å². The number of benzene rings is 2. The summed E-state index contributed by atoms with van der Waals surface area (Å²) in [6, 6.07) is 14.4. The summed E-state index contributed by atoms with van der Waals surface area (Å²) in [6.07, 6.45) is 0.294. The van der Waals surface area contributed by atoms with Crippen molar-refractivity contribution < 1.29 is 14.6 Å². The quantitative estimate of drug-likeness (QED) is 0.875. The Labute approximate surface area is 117 Å². The van der Waals surface area contributed by atoms with Crippen LogP contribution in [0.1, 0.15) is 5.56 Å². The molecule has 0 saturated heterocycles. The highest BCUT2D eigenvalue weighted by Crippen LogP contribution is 2.27. The molecule has 0 aliphatic rings. The normalized spacial score (nSPS) is 11.9. The van der Waals surface area contributed by atoms with Crippen molar-refractivity contribution in [3.05, 3.63) is 54.1 Å². The molecule has 1 unspecified atom stereocenters. The summed E-state index contributed by atoms with van der Waals surface area (Å²) in [4.78, 5) is 10.9. The lowest BCUT2D eigenvalue weighted by Crippen LogP contribution is -2.32. The van der Waals surface area contributed by atoms with Gasteiger partial charge in [-0.05, 0) is 35.2 Å². The highest BCUT2D eigenvalue weighted by Gasteiger charge is 2.15. The number of hydrogen-bond acceptors (Lipinski definition) is 3. The van der Waals surface area contributed by atoms with Gasteiger partial charge >= 0.3 is 5.97 Å². The number of ether oxygens (including phenoxy) is 1. The second-order valence-corrected chi connectivity index (χ2v) is 4.54. The summed E-state index contributed by atoms with van der Waals surface area (Å²) in [7, 11) is 1.62. The Kier molecular flexibility index (Phi) is 4.38. The third kappa shape index (κ3) is 3.16. The van der Waals surface area contributed by atoms with Gasteiger partial charge in [0.25, 0.3) is 0 Å². The molecule has 0 heterocycles. The minimum Gasteiger partial charge on any atom is -0.497 e. The molecule has 0 radical (unpaired) electrons. The van der Waals surface area contributed by atoms with Gasteiger partial charge < -0.3 is 15.6 Å². The molecule has 0 saturated carbocycles. The van der Waals surface area contributed by atoms with E-state index in [0.717, 1.165) is 22.4 Å². The number of carboxylic acids is 1. The first-order valence-electron chi connectivity index (χ1n) is 6.32. The summed E-state index contributed by atoms with van der Waals surface area (Å²) in [5, 5.41) is 8.94. The van der Waals surface area contributed by atoms with Crippen molar-refractivity contribution in [2.45, 2.75) is 12.5 Å². The van der Waals surface area contributed by atoms with E-state index in [1.807, 2.05) is 48.5 Å². The monoisotopic (exact) mass is 271 g/mol. The fraction of sp³-hybridized carbons (Fsp3) is 0.188. The Morgan fingerprint density at radius 2 is 2.00 bits per heavy atom. The van der Waals surface area contributed by atoms with Crippen molar-refractivity contribution in [3.63, 3.8) is 0 Å². The number of methoxy groups -OCH3 is 1. The van der Waals surface area contributed by atoms with Crippen LogP contribution >= 0.6 is 0 Å². The van der Waals surface area contributed by atoms with Gasteiger partial charge in [-0.25, -0.2) is 0 Å².